The van der Waals surface area contributed by atoms with Gasteiger partial charge in [0.2, 0.25) is 0 Å². The van der Waals surface area contributed by atoms with Crippen LogP contribution in [0.25, 0.3) is 22.3 Å². The highest BCUT2D eigenvalue weighted by molar-refractivity contribution is 5.83. The minimum Gasteiger partial charge on any atom is -0.469 e. The molecule has 0 unspecified atom stereocenters. The van der Waals surface area contributed by atoms with Crippen LogP contribution in [0, 0.1) is 0 Å². The van der Waals surface area contributed by atoms with E-state index in [1.54, 1.807) is 0 Å². The van der Waals surface area contributed by atoms with Crippen molar-refractivity contribution in [1.29, 1.82) is 0 Å². The van der Waals surface area contributed by atoms with Gasteiger partial charge in [0.25, 0.3) is 0 Å². The third-order valence-corrected chi connectivity index (χ3v) is 4.12. The summed E-state index contributed by atoms with van der Waals surface area (Å²) in [7, 11) is 1.42. The van der Waals surface area contributed by atoms with E-state index in [0.717, 1.165) is 5.56 Å². The number of carbonyl (C=O) groups is 1. The van der Waals surface area contributed by atoms with Gasteiger partial charge in [0, 0.05) is 6.42 Å². The van der Waals surface area contributed by atoms with Crippen LogP contribution in [0.1, 0.15) is 12.0 Å². The van der Waals surface area contributed by atoms with Gasteiger partial charge in [-0.15, -0.1) is 0 Å². The van der Waals surface area contributed by atoms with E-state index in [-0.39, 0.29) is 5.97 Å². The van der Waals surface area contributed by atoms with Gasteiger partial charge in [0.15, 0.2) is 0 Å². The van der Waals surface area contributed by atoms with Crippen molar-refractivity contribution in [2.45, 2.75) is 12.8 Å². The molecule has 3 rings (SSSR count). The minimum absolute atomic E-state index is 0.173. The highest BCUT2D eigenvalue weighted by Gasteiger charge is 2.07. The molecule has 0 aromatic heterocycles. The first kappa shape index (κ1) is 16.0. The Hall–Kier alpha value is -2.87. The van der Waals surface area contributed by atoms with E-state index < -0.39 is 0 Å². The fourth-order valence-electron chi connectivity index (χ4n) is 2.80. The van der Waals surface area contributed by atoms with E-state index in [4.69, 9.17) is 4.74 Å². The summed E-state index contributed by atoms with van der Waals surface area (Å²) in [6, 6.07) is 27.2. The molecule has 3 aromatic carbocycles. The zero-order chi connectivity index (χ0) is 16.8. The number of carbonyl (C=O) groups excluding carboxylic acids is 1. The zero-order valence-electron chi connectivity index (χ0n) is 13.7. The largest absolute Gasteiger partial charge is 0.469 e. The second kappa shape index (κ2) is 7.60. The van der Waals surface area contributed by atoms with Crippen LogP contribution in [0.4, 0.5) is 0 Å². The summed E-state index contributed by atoms with van der Waals surface area (Å²) in [4.78, 5) is 11.3. The molecular formula is C22H20O2. The smallest absolute Gasteiger partial charge is 0.305 e. The van der Waals surface area contributed by atoms with Crippen LogP contribution in [0.2, 0.25) is 0 Å². The Morgan fingerprint density at radius 3 is 1.88 bits per heavy atom. The second-order valence-electron chi connectivity index (χ2n) is 5.68. The van der Waals surface area contributed by atoms with Gasteiger partial charge in [-0.3, -0.25) is 4.79 Å². The van der Waals surface area contributed by atoms with E-state index in [1.807, 2.05) is 6.07 Å². The standard InChI is InChI=1S/C22H20O2/c1-24-22(23)16-13-17-11-14-19(15-12-17)21-10-6-5-9-20(21)18-7-3-2-4-8-18/h2-12,14-15H,13,16H2,1H3. The molecule has 0 aliphatic carbocycles. The Kier molecular flexibility index (Phi) is 5.07. The summed E-state index contributed by atoms with van der Waals surface area (Å²) in [5.41, 5.74) is 5.96. The molecule has 0 atom stereocenters. The van der Waals surface area contributed by atoms with Crippen molar-refractivity contribution in [2.75, 3.05) is 7.11 Å². The maximum atomic E-state index is 11.3. The van der Waals surface area contributed by atoms with Gasteiger partial charge in [-0.25, -0.2) is 0 Å². The Balaban J connectivity index is 1.86. The molecule has 0 aliphatic rings. The number of benzene rings is 3. The predicted molar refractivity (Wildman–Crippen MR) is 97.7 cm³/mol. The Morgan fingerprint density at radius 2 is 1.29 bits per heavy atom. The van der Waals surface area contributed by atoms with Gasteiger partial charge in [-0.1, -0.05) is 78.9 Å². The molecule has 0 heterocycles. The molecule has 2 heteroatoms. The number of aryl methyl sites for hydroxylation is 1. The first-order chi connectivity index (χ1) is 11.8. The maximum Gasteiger partial charge on any atom is 0.305 e. The van der Waals surface area contributed by atoms with Gasteiger partial charge < -0.3 is 4.74 Å². The third-order valence-electron chi connectivity index (χ3n) is 4.12. The summed E-state index contributed by atoms with van der Waals surface area (Å²) in [5, 5.41) is 0. The lowest BCUT2D eigenvalue weighted by atomic mass is 9.94. The predicted octanol–water partition coefficient (Wildman–Crippen LogP) is 5.13. The first-order valence-corrected chi connectivity index (χ1v) is 8.08. The summed E-state index contributed by atoms with van der Waals surface area (Å²) >= 11 is 0. The topological polar surface area (TPSA) is 26.3 Å². The van der Waals surface area contributed by atoms with Crippen molar-refractivity contribution in [3.63, 3.8) is 0 Å². The highest BCUT2D eigenvalue weighted by Crippen LogP contribution is 2.31. The van der Waals surface area contributed by atoms with Crippen LogP contribution in [0.15, 0.2) is 78.9 Å². The van der Waals surface area contributed by atoms with E-state index in [1.165, 1.54) is 29.4 Å². The molecule has 3 aromatic rings. The average molecular weight is 316 g/mol. The lowest BCUT2D eigenvalue weighted by Gasteiger charge is -2.11. The fourth-order valence-corrected chi connectivity index (χ4v) is 2.80. The van der Waals surface area contributed by atoms with Crippen LogP contribution in [-0.2, 0) is 16.0 Å². The molecule has 0 N–H and O–H groups in total. The fraction of sp³-hybridized carbons (Fsp3) is 0.136. The number of esters is 1. The van der Waals surface area contributed by atoms with Gasteiger partial charge in [0.05, 0.1) is 7.11 Å². The van der Waals surface area contributed by atoms with Crippen LogP contribution < -0.4 is 0 Å². The summed E-state index contributed by atoms with van der Waals surface area (Å²) < 4.78 is 4.69. The maximum absolute atomic E-state index is 11.3. The van der Waals surface area contributed by atoms with Gasteiger partial charge in [0.1, 0.15) is 0 Å². The average Bonchev–Trinajstić information content (AvgIpc) is 2.67. The molecule has 0 aliphatic heterocycles. The van der Waals surface area contributed by atoms with E-state index in [0.29, 0.717) is 12.8 Å². The SMILES string of the molecule is COC(=O)CCc1ccc(-c2ccccc2-c2ccccc2)cc1. The Bertz CT molecular complexity index is 805. The Morgan fingerprint density at radius 1 is 0.750 bits per heavy atom. The monoisotopic (exact) mass is 316 g/mol. The molecule has 0 saturated heterocycles. The molecule has 0 spiro atoms. The van der Waals surface area contributed by atoms with Crippen LogP contribution in [0.5, 0.6) is 0 Å². The van der Waals surface area contributed by atoms with Crippen molar-refractivity contribution in [1.82, 2.24) is 0 Å². The zero-order valence-corrected chi connectivity index (χ0v) is 13.7. The molecule has 0 saturated carbocycles. The minimum atomic E-state index is -0.173. The first-order valence-electron chi connectivity index (χ1n) is 8.08. The Labute approximate surface area is 142 Å². The van der Waals surface area contributed by atoms with Gasteiger partial charge >= 0.3 is 5.97 Å². The van der Waals surface area contributed by atoms with Crippen LogP contribution in [0.3, 0.4) is 0 Å². The normalized spacial score (nSPS) is 10.4. The number of hydrogen-bond donors (Lipinski definition) is 0. The quantitative estimate of drug-likeness (QED) is 0.610. The molecule has 0 fully saturated rings. The molecule has 0 radical (unpaired) electrons. The van der Waals surface area contributed by atoms with Crippen LogP contribution in [-0.4, -0.2) is 13.1 Å². The van der Waals surface area contributed by atoms with Gasteiger partial charge in [-0.05, 0) is 34.2 Å². The van der Waals surface area contributed by atoms with Crippen LogP contribution >= 0.6 is 0 Å². The summed E-state index contributed by atoms with van der Waals surface area (Å²) in [6.07, 6.45) is 1.11. The number of hydrogen-bond acceptors (Lipinski definition) is 2. The van der Waals surface area contributed by atoms with Gasteiger partial charge in [-0.2, -0.15) is 0 Å². The molecular weight excluding hydrogens is 296 g/mol. The highest BCUT2D eigenvalue weighted by atomic mass is 16.5. The van der Waals surface area contributed by atoms with Crippen molar-refractivity contribution < 1.29 is 9.53 Å². The summed E-state index contributed by atoms with van der Waals surface area (Å²) in [5.74, 6) is -0.173. The van der Waals surface area contributed by atoms with Crippen molar-refractivity contribution in [3.05, 3.63) is 84.4 Å². The molecule has 0 bridgehead atoms. The molecule has 24 heavy (non-hydrogen) atoms. The lowest BCUT2D eigenvalue weighted by molar-refractivity contribution is -0.140. The van der Waals surface area contributed by atoms with E-state index >= 15 is 0 Å². The summed E-state index contributed by atoms with van der Waals surface area (Å²) in [6.45, 7) is 0. The lowest BCUT2D eigenvalue weighted by Crippen LogP contribution is -2.01. The molecule has 2 nitrogen and oxygen atoms in total. The van der Waals surface area contributed by atoms with E-state index in [2.05, 4.69) is 72.8 Å². The molecule has 0 amide bonds. The van der Waals surface area contributed by atoms with E-state index in [9.17, 15) is 4.79 Å². The number of methoxy groups -OCH3 is 1. The van der Waals surface area contributed by atoms with Crippen molar-refractivity contribution >= 4 is 5.97 Å². The van der Waals surface area contributed by atoms with Crippen molar-refractivity contribution in [2.24, 2.45) is 0 Å². The number of rotatable bonds is 5. The third kappa shape index (κ3) is 3.72. The second-order valence-corrected chi connectivity index (χ2v) is 5.68. The van der Waals surface area contributed by atoms with Crippen molar-refractivity contribution in [3.8, 4) is 22.3 Å². The molecule has 120 valence electrons. The number of ether oxygens (including phenoxy) is 1.